The molecule has 0 aliphatic carbocycles. The Morgan fingerprint density at radius 2 is 2.05 bits per heavy atom. The molecule has 2 aromatic rings. The molecule has 2 rings (SSSR count). The van der Waals surface area contributed by atoms with Gasteiger partial charge >= 0.3 is 5.97 Å². The Kier molecular flexibility index (Phi) is 4.49. The summed E-state index contributed by atoms with van der Waals surface area (Å²) in [7, 11) is 0. The molecule has 0 spiro atoms. The van der Waals surface area contributed by atoms with E-state index in [1.165, 1.54) is 6.07 Å². The number of nitrogens with one attached hydrogen (secondary N) is 1. The quantitative estimate of drug-likeness (QED) is 0.835. The van der Waals surface area contributed by atoms with E-state index in [9.17, 15) is 9.59 Å². The lowest BCUT2D eigenvalue weighted by Crippen LogP contribution is -2.28. The third-order valence-corrected chi connectivity index (χ3v) is 2.50. The second-order valence-corrected chi connectivity index (χ2v) is 4.17. The van der Waals surface area contributed by atoms with E-state index in [0.717, 1.165) is 5.56 Å². The van der Waals surface area contributed by atoms with Gasteiger partial charge in [-0.1, -0.05) is 35.5 Å². The average Bonchev–Trinajstić information content (AvgIpc) is 2.90. The first-order valence-electron chi connectivity index (χ1n) is 6.06. The maximum atomic E-state index is 11.5. The third kappa shape index (κ3) is 3.94. The van der Waals surface area contributed by atoms with E-state index >= 15 is 0 Å². The summed E-state index contributed by atoms with van der Waals surface area (Å²) in [5.41, 5.74) is 1.54. The zero-order valence-corrected chi connectivity index (χ0v) is 11.0. The van der Waals surface area contributed by atoms with Crippen molar-refractivity contribution in [3.05, 3.63) is 53.4 Å². The van der Waals surface area contributed by atoms with Crippen LogP contribution in [0.25, 0.3) is 0 Å². The summed E-state index contributed by atoms with van der Waals surface area (Å²) in [5, 5.41) is 6.21. The number of carbonyl (C=O) groups excluding carboxylic acids is 2. The fraction of sp³-hybridized carbons (Fsp3) is 0.214. The molecule has 6 heteroatoms. The number of carbonyl (C=O) groups is 2. The molecular formula is C14H14N2O4. The Morgan fingerprint density at radius 1 is 1.30 bits per heavy atom. The second-order valence-electron chi connectivity index (χ2n) is 4.17. The number of benzene rings is 1. The van der Waals surface area contributed by atoms with E-state index in [4.69, 9.17) is 9.26 Å². The minimum absolute atomic E-state index is 0.0154. The van der Waals surface area contributed by atoms with Crippen molar-refractivity contribution in [2.24, 2.45) is 0 Å². The number of nitrogens with zero attached hydrogens (tertiary/aromatic N) is 1. The Bertz CT molecular complexity index is 592. The Morgan fingerprint density at radius 3 is 2.70 bits per heavy atom. The lowest BCUT2D eigenvalue weighted by Gasteiger charge is -2.05. The molecular weight excluding hydrogens is 260 g/mol. The summed E-state index contributed by atoms with van der Waals surface area (Å²) < 4.78 is 9.54. The standard InChI is InChI=1S/C14H14N2O4/c1-10-7-12(20-16-10)14(18)19-9-13(17)15-8-11-5-3-2-4-6-11/h2-7H,8-9H2,1H3,(H,15,17). The number of amides is 1. The number of hydrogen-bond acceptors (Lipinski definition) is 5. The van der Waals surface area contributed by atoms with Crippen LogP contribution in [0.15, 0.2) is 40.9 Å². The van der Waals surface area contributed by atoms with Crippen molar-refractivity contribution in [1.29, 1.82) is 0 Å². The normalized spacial score (nSPS) is 10.1. The number of rotatable bonds is 5. The van der Waals surface area contributed by atoms with E-state index in [2.05, 4.69) is 10.5 Å². The highest BCUT2D eigenvalue weighted by Crippen LogP contribution is 2.04. The van der Waals surface area contributed by atoms with Gasteiger partial charge in [-0.2, -0.15) is 0 Å². The minimum atomic E-state index is -0.708. The van der Waals surface area contributed by atoms with Crippen LogP contribution in [0.1, 0.15) is 21.8 Å². The largest absolute Gasteiger partial charge is 0.450 e. The first-order valence-corrected chi connectivity index (χ1v) is 6.06. The van der Waals surface area contributed by atoms with Crippen LogP contribution in [0.3, 0.4) is 0 Å². The van der Waals surface area contributed by atoms with Gasteiger partial charge < -0.3 is 14.6 Å². The van der Waals surface area contributed by atoms with Gasteiger partial charge in [-0.15, -0.1) is 0 Å². The van der Waals surface area contributed by atoms with Gasteiger partial charge in [-0.05, 0) is 12.5 Å². The second kappa shape index (κ2) is 6.51. The van der Waals surface area contributed by atoms with Crippen molar-refractivity contribution in [2.75, 3.05) is 6.61 Å². The van der Waals surface area contributed by atoms with Crippen LogP contribution in [0.4, 0.5) is 0 Å². The maximum Gasteiger partial charge on any atom is 0.377 e. The molecule has 1 N–H and O–H groups in total. The van der Waals surface area contributed by atoms with Crippen LogP contribution >= 0.6 is 0 Å². The van der Waals surface area contributed by atoms with Crippen LogP contribution in [0, 0.1) is 6.92 Å². The first-order chi connectivity index (χ1) is 9.65. The smallest absolute Gasteiger partial charge is 0.377 e. The predicted octanol–water partition coefficient (Wildman–Crippen LogP) is 1.46. The van der Waals surface area contributed by atoms with Crippen molar-refractivity contribution in [3.8, 4) is 0 Å². The molecule has 104 valence electrons. The summed E-state index contributed by atoms with van der Waals surface area (Å²) in [6.45, 7) is 1.72. The Hall–Kier alpha value is -2.63. The Labute approximate surface area is 115 Å². The molecule has 20 heavy (non-hydrogen) atoms. The van der Waals surface area contributed by atoms with Crippen LogP contribution < -0.4 is 5.32 Å². The molecule has 0 fully saturated rings. The topological polar surface area (TPSA) is 81.4 Å². The lowest BCUT2D eigenvalue weighted by molar-refractivity contribution is -0.124. The fourth-order valence-electron chi connectivity index (χ4n) is 1.51. The SMILES string of the molecule is Cc1cc(C(=O)OCC(=O)NCc2ccccc2)on1. The van der Waals surface area contributed by atoms with Gasteiger partial charge in [-0.25, -0.2) is 4.79 Å². The van der Waals surface area contributed by atoms with Crippen molar-refractivity contribution in [3.63, 3.8) is 0 Å². The molecule has 1 aromatic heterocycles. The molecule has 0 unspecified atom stereocenters. The molecule has 6 nitrogen and oxygen atoms in total. The van der Waals surface area contributed by atoms with Gasteiger partial charge in [0.2, 0.25) is 5.76 Å². The molecule has 1 heterocycles. The van der Waals surface area contributed by atoms with Crippen molar-refractivity contribution in [2.45, 2.75) is 13.5 Å². The summed E-state index contributed by atoms with van der Waals surface area (Å²) >= 11 is 0. The highest BCUT2D eigenvalue weighted by Gasteiger charge is 2.14. The molecule has 0 aliphatic rings. The maximum absolute atomic E-state index is 11.5. The van der Waals surface area contributed by atoms with Gasteiger partial charge in [0.1, 0.15) is 0 Å². The summed E-state index contributed by atoms with van der Waals surface area (Å²) in [4.78, 5) is 23.0. The molecule has 0 bridgehead atoms. The highest BCUT2D eigenvalue weighted by molar-refractivity contribution is 5.88. The van der Waals surface area contributed by atoms with Crippen LogP contribution in [0.2, 0.25) is 0 Å². The zero-order chi connectivity index (χ0) is 14.4. The summed E-state index contributed by atoms with van der Waals surface area (Å²) in [6, 6.07) is 10.9. The number of ether oxygens (including phenoxy) is 1. The third-order valence-electron chi connectivity index (χ3n) is 2.50. The monoisotopic (exact) mass is 274 g/mol. The van der Waals surface area contributed by atoms with E-state index in [0.29, 0.717) is 12.2 Å². The molecule has 0 atom stereocenters. The molecule has 0 aliphatic heterocycles. The van der Waals surface area contributed by atoms with Gasteiger partial charge in [0, 0.05) is 12.6 Å². The van der Waals surface area contributed by atoms with E-state index < -0.39 is 5.97 Å². The van der Waals surface area contributed by atoms with Gasteiger partial charge in [0.05, 0.1) is 5.69 Å². The van der Waals surface area contributed by atoms with Crippen LogP contribution in [-0.2, 0) is 16.1 Å². The molecule has 0 radical (unpaired) electrons. The number of esters is 1. The molecule has 1 aromatic carbocycles. The fourth-order valence-corrected chi connectivity index (χ4v) is 1.51. The first kappa shape index (κ1) is 13.8. The van der Waals surface area contributed by atoms with Crippen LogP contribution in [-0.4, -0.2) is 23.6 Å². The van der Waals surface area contributed by atoms with Crippen molar-refractivity contribution in [1.82, 2.24) is 10.5 Å². The van der Waals surface area contributed by atoms with Crippen molar-refractivity contribution < 1.29 is 18.8 Å². The molecule has 1 amide bonds. The lowest BCUT2D eigenvalue weighted by atomic mass is 10.2. The minimum Gasteiger partial charge on any atom is -0.450 e. The number of hydrogen-bond donors (Lipinski definition) is 1. The van der Waals surface area contributed by atoms with Crippen LogP contribution in [0.5, 0.6) is 0 Å². The number of aryl methyl sites for hydroxylation is 1. The highest BCUT2D eigenvalue weighted by atomic mass is 16.6. The molecule has 0 saturated carbocycles. The van der Waals surface area contributed by atoms with Gasteiger partial charge in [0.25, 0.3) is 5.91 Å². The van der Waals surface area contributed by atoms with E-state index in [1.54, 1.807) is 6.92 Å². The zero-order valence-electron chi connectivity index (χ0n) is 11.0. The summed E-state index contributed by atoms with van der Waals surface area (Å²) in [5.74, 6) is -1.10. The van der Waals surface area contributed by atoms with E-state index in [1.807, 2.05) is 30.3 Å². The van der Waals surface area contributed by atoms with Crippen molar-refractivity contribution >= 4 is 11.9 Å². The van der Waals surface area contributed by atoms with Gasteiger partial charge in [0.15, 0.2) is 6.61 Å². The average molecular weight is 274 g/mol. The van der Waals surface area contributed by atoms with E-state index in [-0.39, 0.29) is 18.3 Å². The number of aromatic nitrogens is 1. The predicted molar refractivity (Wildman–Crippen MR) is 69.8 cm³/mol. The molecule has 0 saturated heterocycles. The van der Waals surface area contributed by atoms with Gasteiger partial charge in [-0.3, -0.25) is 4.79 Å². The summed E-state index contributed by atoms with van der Waals surface area (Å²) in [6.07, 6.45) is 0. The Balaban J connectivity index is 1.74.